The maximum atomic E-state index is 11.1. The van der Waals surface area contributed by atoms with Crippen molar-refractivity contribution in [2.24, 2.45) is 5.92 Å². The molecule has 1 heterocycles. The fourth-order valence-corrected chi connectivity index (χ4v) is 2.86. The Kier molecular flexibility index (Phi) is 3.26. The van der Waals surface area contributed by atoms with Crippen molar-refractivity contribution in [2.75, 3.05) is 19.8 Å². The van der Waals surface area contributed by atoms with Crippen LogP contribution < -0.4 is 0 Å². The second-order valence-electron chi connectivity index (χ2n) is 4.60. The van der Waals surface area contributed by atoms with Crippen LogP contribution in [0.4, 0.5) is 0 Å². The number of morpholine rings is 1. The molecule has 2 fully saturated rings. The molecule has 3 atom stereocenters. The number of carbonyl (C=O) groups is 1. The van der Waals surface area contributed by atoms with Crippen LogP contribution in [0.1, 0.15) is 26.2 Å². The Bertz CT molecular complexity index is 244. The largest absolute Gasteiger partial charge is 0.481 e. The quantitative estimate of drug-likeness (QED) is 0.742. The average Bonchev–Trinajstić information content (AvgIpc) is 2.67. The monoisotopic (exact) mass is 213 g/mol. The molecule has 1 saturated heterocycles. The zero-order chi connectivity index (χ0) is 10.8. The van der Waals surface area contributed by atoms with E-state index in [1.165, 1.54) is 0 Å². The molecule has 2 aliphatic rings. The van der Waals surface area contributed by atoms with Gasteiger partial charge in [0.1, 0.15) is 0 Å². The van der Waals surface area contributed by atoms with E-state index in [0.29, 0.717) is 6.04 Å². The van der Waals surface area contributed by atoms with Gasteiger partial charge in [0.05, 0.1) is 19.1 Å². The van der Waals surface area contributed by atoms with E-state index in [0.717, 1.165) is 39.0 Å². The molecule has 2 rings (SSSR count). The molecule has 0 amide bonds. The van der Waals surface area contributed by atoms with E-state index in [9.17, 15) is 4.79 Å². The van der Waals surface area contributed by atoms with Gasteiger partial charge in [-0.2, -0.15) is 0 Å². The third-order valence-electron chi connectivity index (χ3n) is 3.64. The van der Waals surface area contributed by atoms with Crippen molar-refractivity contribution < 1.29 is 14.6 Å². The Morgan fingerprint density at radius 2 is 2.27 bits per heavy atom. The van der Waals surface area contributed by atoms with Gasteiger partial charge in [-0.05, 0) is 19.8 Å². The van der Waals surface area contributed by atoms with Gasteiger partial charge in [-0.25, -0.2) is 0 Å². The lowest BCUT2D eigenvalue weighted by Gasteiger charge is -2.39. The molecule has 3 unspecified atom stereocenters. The van der Waals surface area contributed by atoms with E-state index in [1.54, 1.807) is 0 Å². The standard InChI is InChI=1S/C11H19NO3/c1-8-7-15-6-5-12(8)10-4-2-3-9(10)11(13)14/h8-10H,2-7H2,1H3,(H,13,14). The molecule has 4 heteroatoms. The first-order valence-corrected chi connectivity index (χ1v) is 5.76. The first-order chi connectivity index (χ1) is 7.20. The Morgan fingerprint density at radius 3 is 2.93 bits per heavy atom. The molecular weight excluding hydrogens is 194 g/mol. The smallest absolute Gasteiger partial charge is 0.308 e. The summed E-state index contributed by atoms with van der Waals surface area (Å²) in [5.41, 5.74) is 0. The van der Waals surface area contributed by atoms with Crippen LogP contribution >= 0.6 is 0 Å². The van der Waals surface area contributed by atoms with Gasteiger partial charge in [0.15, 0.2) is 0 Å². The van der Waals surface area contributed by atoms with Crippen LogP contribution in [0, 0.1) is 5.92 Å². The molecule has 0 bridgehead atoms. The highest BCUT2D eigenvalue weighted by molar-refractivity contribution is 5.71. The summed E-state index contributed by atoms with van der Waals surface area (Å²) in [6, 6.07) is 0.602. The van der Waals surface area contributed by atoms with Gasteiger partial charge in [0, 0.05) is 18.6 Å². The molecule has 4 nitrogen and oxygen atoms in total. The summed E-state index contributed by atoms with van der Waals surface area (Å²) in [6.07, 6.45) is 2.91. The first-order valence-electron chi connectivity index (χ1n) is 5.76. The number of hydrogen-bond acceptors (Lipinski definition) is 3. The lowest BCUT2D eigenvalue weighted by Crippen LogP contribution is -2.51. The van der Waals surface area contributed by atoms with Crippen molar-refractivity contribution in [3.05, 3.63) is 0 Å². The van der Waals surface area contributed by atoms with Gasteiger partial charge >= 0.3 is 5.97 Å². The van der Waals surface area contributed by atoms with Crippen molar-refractivity contribution >= 4 is 5.97 Å². The summed E-state index contributed by atoms with van der Waals surface area (Å²) in [5.74, 6) is -0.790. The Balaban J connectivity index is 2.04. The van der Waals surface area contributed by atoms with E-state index in [1.807, 2.05) is 0 Å². The molecule has 0 aromatic carbocycles. The number of aliphatic carboxylic acids is 1. The van der Waals surface area contributed by atoms with Gasteiger partial charge in [-0.15, -0.1) is 0 Å². The summed E-state index contributed by atoms with van der Waals surface area (Å²) >= 11 is 0. The highest BCUT2D eigenvalue weighted by Crippen LogP contribution is 2.32. The lowest BCUT2D eigenvalue weighted by atomic mass is 10.0. The fraction of sp³-hybridized carbons (Fsp3) is 0.909. The minimum atomic E-state index is -0.629. The first kappa shape index (κ1) is 10.9. The van der Waals surface area contributed by atoms with Crippen molar-refractivity contribution in [3.63, 3.8) is 0 Å². The molecule has 0 aromatic heterocycles. The van der Waals surface area contributed by atoms with Gasteiger partial charge in [0.25, 0.3) is 0 Å². The van der Waals surface area contributed by atoms with Crippen molar-refractivity contribution in [2.45, 2.75) is 38.3 Å². The Morgan fingerprint density at radius 1 is 1.47 bits per heavy atom. The van der Waals surface area contributed by atoms with Crippen LogP contribution in [0.3, 0.4) is 0 Å². The van der Waals surface area contributed by atoms with E-state index < -0.39 is 5.97 Å². The van der Waals surface area contributed by atoms with Crippen molar-refractivity contribution in [3.8, 4) is 0 Å². The molecule has 86 valence electrons. The fourth-order valence-electron chi connectivity index (χ4n) is 2.86. The van der Waals surface area contributed by atoms with Crippen LogP contribution in [0.5, 0.6) is 0 Å². The number of nitrogens with zero attached hydrogens (tertiary/aromatic N) is 1. The van der Waals surface area contributed by atoms with E-state index >= 15 is 0 Å². The molecule has 0 radical (unpaired) electrons. The highest BCUT2D eigenvalue weighted by atomic mass is 16.5. The molecule has 1 N–H and O–H groups in total. The summed E-state index contributed by atoms with van der Waals surface area (Å²) in [5, 5.41) is 9.14. The molecule has 0 aromatic rings. The van der Waals surface area contributed by atoms with Crippen LogP contribution in [0.15, 0.2) is 0 Å². The number of rotatable bonds is 2. The third-order valence-corrected chi connectivity index (χ3v) is 3.64. The summed E-state index contributed by atoms with van der Waals surface area (Å²) in [7, 11) is 0. The molecule has 1 saturated carbocycles. The number of carboxylic acid groups (broad SMARTS) is 1. The second-order valence-corrected chi connectivity index (χ2v) is 4.60. The maximum absolute atomic E-state index is 11.1. The van der Waals surface area contributed by atoms with Crippen LogP contribution in [0.25, 0.3) is 0 Å². The van der Waals surface area contributed by atoms with Crippen molar-refractivity contribution in [1.29, 1.82) is 0 Å². The van der Waals surface area contributed by atoms with E-state index in [-0.39, 0.29) is 12.0 Å². The number of hydrogen-bond donors (Lipinski definition) is 1. The molecule has 0 spiro atoms. The van der Waals surface area contributed by atoms with Crippen LogP contribution in [-0.2, 0) is 9.53 Å². The SMILES string of the molecule is CC1COCCN1C1CCCC1C(=O)O. The Labute approximate surface area is 90.2 Å². The minimum absolute atomic E-state index is 0.162. The Hall–Kier alpha value is -0.610. The van der Waals surface area contributed by atoms with Gasteiger partial charge in [0.2, 0.25) is 0 Å². The van der Waals surface area contributed by atoms with Crippen LogP contribution in [0.2, 0.25) is 0 Å². The topological polar surface area (TPSA) is 49.8 Å². The summed E-state index contributed by atoms with van der Waals surface area (Å²) in [6.45, 7) is 4.49. The minimum Gasteiger partial charge on any atom is -0.481 e. The summed E-state index contributed by atoms with van der Waals surface area (Å²) < 4.78 is 5.38. The second kappa shape index (κ2) is 4.49. The van der Waals surface area contributed by atoms with Gasteiger partial charge in [-0.3, -0.25) is 9.69 Å². The molecule has 1 aliphatic heterocycles. The molecule has 15 heavy (non-hydrogen) atoms. The number of ether oxygens (including phenoxy) is 1. The zero-order valence-electron chi connectivity index (χ0n) is 9.19. The average molecular weight is 213 g/mol. The normalized spacial score (nSPS) is 38.1. The van der Waals surface area contributed by atoms with E-state index in [4.69, 9.17) is 9.84 Å². The van der Waals surface area contributed by atoms with Gasteiger partial charge in [-0.1, -0.05) is 6.42 Å². The lowest BCUT2D eigenvalue weighted by molar-refractivity contribution is -0.144. The zero-order valence-corrected chi connectivity index (χ0v) is 9.19. The summed E-state index contributed by atoms with van der Waals surface area (Å²) in [4.78, 5) is 13.4. The molecular formula is C11H19NO3. The predicted octanol–water partition coefficient (Wildman–Crippen LogP) is 0.960. The predicted molar refractivity (Wildman–Crippen MR) is 55.8 cm³/mol. The highest BCUT2D eigenvalue weighted by Gasteiger charge is 2.39. The van der Waals surface area contributed by atoms with Crippen molar-refractivity contribution in [1.82, 2.24) is 4.90 Å². The molecule has 1 aliphatic carbocycles. The maximum Gasteiger partial charge on any atom is 0.308 e. The van der Waals surface area contributed by atoms with Gasteiger partial charge < -0.3 is 9.84 Å². The van der Waals surface area contributed by atoms with Crippen LogP contribution in [-0.4, -0.2) is 47.8 Å². The van der Waals surface area contributed by atoms with E-state index in [2.05, 4.69) is 11.8 Å². The third kappa shape index (κ3) is 2.16. The number of carboxylic acids is 1.